The van der Waals surface area contributed by atoms with Crippen molar-refractivity contribution in [2.75, 3.05) is 18.4 Å². The van der Waals surface area contributed by atoms with Gasteiger partial charge in [0.25, 0.3) is 0 Å². The molecule has 3 heterocycles. The minimum atomic E-state index is -0.158. The summed E-state index contributed by atoms with van der Waals surface area (Å²) in [7, 11) is 0. The number of hydrogen-bond acceptors (Lipinski definition) is 5. The summed E-state index contributed by atoms with van der Waals surface area (Å²) in [5, 5.41) is 13.1. The molecule has 120 valence electrons. The number of β-amino-alcohol motifs (C(OH)–C–C–N with tert-alkyl or cyclic N) is 1. The van der Waals surface area contributed by atoms with E-state index in [1.54, 1.807) is 11.3 Å². The Morgan fingerprint density at radius 3 is 3.17 bits per heavy atom. The van der Waals surface area contributed by atoms with Gasteiger partial charge in [-0.2, -0.15) is 0 Å². The maximum Gasteiger partial charge on any atom is 0.193 e. The third-order valence-electron chi connectivity index (χ3n) is 4.19. The van der Waals surface area contributed by atoms with Gasteiger partial charge in [0, 0.05) is 48.8 Å². The molecule has 1 aliphatic heterocycles. The lowest BCUT2D eigenvalue weighted by Gasteiger charge is -2.15. The van der Waals surface area contributed by atoms with Gasteiger partial charge in [-0.15, -0.1) is 0 Å². The number of imidazole rings is 1. The van der Waals surface area contributed by atoms with Gasteiger partial charge in [-0.1, -0.05) is 23.5 Å². The van der Waals surface area contributed by atoms with Crippen LogP contribution in [0.1, 0.15) is 16.9 Å². The van der Waals surface area contributed by atoms with E-state index in [1.165, 1.54) is 10.4 Å². The molecule has 0 aliphatic carbocycles. The second-order valence-electron chi connectivity index (χ2n) is 6.05. The molecule has 23 heavy (non-hydrogen) atoms. The molecule has 0 saturated carbocycles. The summed E-state index contributed by atoms with van der Waals surface area (Å²) in [5.41, 5.74) is 2.42. The van der Waals surface area contributed by atoms with E-state index < -0.39 is 0 Å². The highest BCUT2D eigenvalue weighted by Crippen LogP contribution is 2.20. The summed E-state index contributed by atoms with van der Waals surface area (Å²) < 4.78 is 2.05. The van der Waals surface area contributed by atoms with Crippen molar-refractivity contribution in [1.29, 1.82) is 0 Å². The number of hydrogen-bond donors (Lipinski definition) is 2. The van der Waals surface area contributed by atoms with Gasteiger partial charge in [-0.25, -0.2) is 4.98 Å². The molecule has 0 bridgehead atoms. The average Bonchev–Trinajstić information content (AvgIpc) is 3.22. The van der Waals surface area contributed by atoms with Crippen molar-refractivity contribution in [2.24, 2.45) is 0 Å². The topological polar surface area (TPSA) is 52.8 Å². The van der Waals surface area contributed by atoms with Crippen molar-refractivity contribution in [3.05, 3.63) is 53.3 Å². The quantitative estimate of drug-likeness (QED) is 0.756. The molecule has 3 aromatic rings. The Hall–Kier alpha value is -1.89. The van der Waals surface area contributed by atoms with E-state index in [2.05, 4.69) is 50.1 Å². The van der Waals surface area contributed by atoms with Crippen LogP contribution in [0.15, 0.2) is 42.9 Å². The lowest BCUT2D eigenvalue weighted by Crippen LogP contribution is -2.21. The van der Waals surface area contributed by atoms with Crippen molar-refractivity contribution in [3.63, 3.8) is 0 Å². The van der Waals surface area contributed by atoms with Crippen LogP contribution in [0.5, 0.6) is 0 Å². The highest BCUT2D eigenvalue weighted by molar-refractivity contribution is 7.17. The molecule has 1 saturated heterocycles. The second-order valence-corrected chi connectivity index (χ2v) is 7.14. The zero-order chi connectivity index (χ0) is 15.6. The normalized spacial score (nSPS) is 18.7. The number of aromatic nitrogens is 2. The molecule has 1 aromatic carbocycles. The first-order valence-electron chi connectivity index (χ1n) is 7.91. The highest BCUT2D eigenvalue weighted by Gasteiger charge is 2.19. The lowest BCUT2D eigenvalue weighted by molar-refractivity contribution is 0.175. The number of rotatable bonds is 5. The summed E-state index contributed by atoms with van der Waals surface area (Å²) in [4.78, 5) is 8.90. The molecule has 1 atom stereocenters. The van der Waals surface area contributed by atoms with Gasteiger partial charge in [0.1, 0.15) is 0 Å². The number of aliphatic hydroxyl groups excluding tert-OH is 1. The van der Waals surface area contributed by atoms with Crippen LogP contribution in [-0.2, 0) is 13.1 Å². The Bertz CT molecular complexity index is 768. The molecule has 1 unspecified atom stereocenters. The Morgan fingerprint density at radius 2 is 2.35 bits per heavy atom. The van der Waals surface area contributed by atoms with E-state index in [0.29, 0.717) is 0 Å². The van der Waals surface area contributed by atoms with Crippen LogP contribution in [0.4, 0.5) is 5.69 Å². The van der Waals surface area contributed by atoms with Crippen molar-refractivity contribution >= 4 is 22.0 Å². The molecule has 2 N–H and O–H groups in total. The Balaban J connectivity index is 1.38. The maximum atomic E-state index is 9.62. The fourth-order valence-electron chi connectivity index (χ4n) is 3.04. The first kappa shape index (κ1) is 14.7. The van der Waals surface area contributed by atoms with Gasteiger partial charge in [-0.05, 0) is 24.1 Å². The minimum Gasteiger partial charge on any atom is -0.392 e. The predicted molar refractivity (Wildman–Crippen MR) is 92.7 cm³/mol. The van der Waals surface area contributed by atoms with Gasteiger partial charge < -0.3 is 10.4 Å². The van der Waals surface area contributed by atoms with Crippen molar-refractivity contribution < 1.29 is 5.11 Å². The number of benzene rings is 1. The van der Waals surface area contributed by atoms with Crippen molar-refractivity contribution in [2.45, 2.75) is 25.6 Å². The number of fused-ring (bicyclic) bond motifs is 1. The van der Waals surface area contributed by atoms with Crippen LogP contribution in [0.25, 0.3) is 4.96 Å². The fraction of sp³-hybridized carbons (Fsp3) is 0.353. The van der Waals surface area contributed by atoms with E-state index in [-0.39, 0.29) is 6.10 Å². The molecule has 0 spiro atoms. The molecule has 6 heteroatoms. The molecule has 0 radical (unpaired) electrons. The summed E-state index contributed by atoms with van der Waals surface area (Å²) in [6, 6.07) is 8.53. The summed E-state index contributed by atoms with van der Waals surface area (Å²) in [5.74, 6) is 0. The largest absolute Gasteiger partial charge is 0.392 e. The second kappa shape index (κ2) is 6.31. The predicted octanol–water partition coefficient (Wildman–Crippen LogP) is 2.57. The number of anilines is 1. The Morgan fingerprint density at radius 1 is 1.39 bits per heavy atom. The molecule has 5 nitrogen and oxygen atoms in total. The number of nitrogens with zero attached hydrogens (tertiary/aromatic N) is 3. The molecule has 0 amide bonds. The van der Waals surface area contributed by atoms with Crippen LogP contribution in [-0.4, -0.2) is 38.6 Å². The van der Waals surface area contributed by atoms with E-state index in [0.717, 1.165) is 43.2 Å². The number of aliphatic hydroxyl groups is 1. The number of nitrogens with one attached hydrogen (secondary N) is 1. The molecule has 4 rings (SSSR count). The maximum absolute atomic E-state index is 9.62. The number of thiazole rings is 1. The zero-order valence-electron chi connectivity index (χ0n) is 12.9. The van der Waals surface area contributed by atoms with E-state index in [9.17, 15) is 5.11 Å². The van der Waals surface area contributed by atoms with E-state index >= 15 is 0 Å². The zero-order valence-corrected chi connectivity index (χ0v) is 13.7. The van der Waals surface area contributed by atoms with Crippen molar-refractivity contribution in [1.82, 2.24) is 14.3 Å². The molecule has 1 fully saturated rings. The Kier molecular flexibility index (Phi) is 4.03. The molecular formula is C17H20N4OS. The fourth-order valence-corrected chi connectivity index (χ4v) is 3.92. The first-order chi connectivity index (χ1) is 11.3. The number of likely N-dealkylation sites (tertiary alicyclic amines) is 1. The minimum absolute atomic E-state index is 0.158. The lowest BCUT2D eigenvalue weighted by atomic mass is 10.2. The molecular weight excluding hydrogens is 308 g/mol. The average molecular weight is 328 g/mol. The van der Waals surface area contributed by atoms with Crippen LogP contribution in [0.3, 0.4) is 0 Å². The molecule has 2 aromatic heterocycles. The smallest absolute Gasteiger partial charge is 0.193 e. The highest BCUT2D eigenvalue weighted by atomic mass is 32.1. The summed E-state index contributed by atoms with van der Waals surface area (Å²) in [6.07, 6.45) is 6.64. The van der Waals surface area contributed by atoms with Crippen molar-refractivity contribution in [3.8, 4) is 0 Å². The van der Waals surface area contributed by atoms with Gasteiger partial charge in [-0.3, -0.25) is 9.30 Å². The standard InChI is InChI=1S/C17H20N4OS/c22-15-4-6-20(11-15)10-13-2-1-3-14(8-13)19-9-16-12-21-7-5-18-17(21)23-16/h1-3,5,7-8,12,15,19,22H,4,6,9-11H2. The van der Waals surface area contributed by atoms with Crippen LogP contribution < -0.4 is 5.32 Å². The summed E-state index contributed by atoms with van der Waals surface area (Å²) >= 11 is 1.71. The van der Waals surface area contributed by atoms with Crippen LogP contribution >= 0.6 is 11.3 Å². The third-order valence-corrected chi connectivity index (χ3v) is 5.20. The van der Waals surface area contributed by atoms with Crippen LogP contribution in [0.2, 0.25) is 0 Å². The SMILES string of the molecule is OC1CCN(Cc2cccc(NCc3cn4ccnc4s3)c2)C1. The van der Waals surface area contributed by atoms with Crippen LogP contribution in [0, 0.1) is 0 Å². The monoisotopic (exact) mass is 328 g/mol. The summed E-state index contributed by atoms with van der Waals surface area (Å²) in [6.45, 7) is 3.47. The first-order valence-corrected chi connectivity index (χ1v) is 8.72. The van der Waals surface area contributed by atoms with Gasteiger partial charge in [0.15, 0.2) is 4.96 Å². The van der Waals surface area contributed by atoms with E-state index in [1.807, 2.05) is 12.4 Å². The van der Waals surface area contributed by atoms with Gasteiger partial charge in [0.05, 0.1) is 12.6 Å². The van der Waals surface area contributed by atoms with Gasteiger partial charge >= 0.3 is 0 Å². The Labute approximate surface area is 139 Å². The third kappa shape index (κ3) is 3.39. The van der Waals surface area contributed by atoms with Gasteiger partial charge in [0.2, 0.25) is 0 Å². The van der Waals surface area contributed by atoms with E-state index in [4.69, 9.17) is 0 Å². The molecule has 1 aliphatic rings.